The van der Waals surface area contributed by atoms with Gasteiger partial charge in [0.05, 0.1) is 12.2 Å². The number of carbonyl (C=O) groups is 2. The van der Waals surface area contributed by atoms with E-state index < -0.39 is 41.8 Å². The number of hydrogen-bond acceptors (Lipinski definition) is 3. The zero-order valence-corrected chi connectivity index (χ0v) is 13.6. The Kier molecular flexibility index (Phi) is 6.47. The maximum atomic E-state index is 12.7. The average Bonchev–Trinajstić information content (AvgIpc) is 2.50. The molecule has 0 aliphatic heterocycles. The van der Waals surface area contributed by atoms with E-state index in [1.807, 2.05) is 0 Å². The smallest absolute Gasteiger partial charge is 0.429 e. The van der Waals surface area contributed by atoms with Gasteiger partial charge in [-0.2, -0.15) is 39.5 Å². The zero-order valence-electron chi connectivity index (χ0n) is 13.6. The summed E-state index contributed by atoms with van der Waals surface area (Å²) in [4.78, 5) is 22.9. The molecular weight excluding hydrogens is 415 g/mol. The molecule has 1 rings (SSSR count). The Morgan fingerprint density at radius 3 is 1.64 bits per heavy atom. The van der Waals surface area contributed by atoms with Gasteiger partial charge in [-0.05, 0) is 31.2 Å². The number of urea groups is 1. The lowest BCUT2D eigenvalue weighted by Crippen LogP contribution is -2.75. The highest BCUT2D eigenvalue weighted by Gasteiger charge is 2.84. The molecule has 0 heterocycles. The summed E-state index contributed by atoms with van der Waals surface area (Å²) in [6, 6.07) is 1.27. The number of rotatable bonds is 4. The maximum absolute atomic E-state index is 12.7. The molecule has 0 aliphatic rings. The number of amides is 2. The first-order valence-corrected chi connectivity index (χ1v) is 7.13. The molecule has 0 aliphatic carbocycles. The summed E-state index contributed by atoms with van der Waals surface area (Å²) >= 11 is 0. The first-order chi connectivity index (χ1) is 12.6. The van der Waals surface area contributed by atoms with E-state index in [1.54, 1.807) is 0 Å². The number of nitrogens with one attached hydrogen (secondary N) is 2. The molecular formula is C14H11F9N2O3. The van der Waals surface area contributed by atoms with Gasteiger partial charge in [-0.25, -0.2) is 9.59 Å². The van der Waals surface area contributed by atoms with Crippen LogP contribution in [0.2, 0.25) is 0 Å². The largest absolute Gasteiger partial charge is 0.462 e. The Hall–Kier alpha value is -2.67. The van der Waals surface area contributed by atoms with Gasteiger partial charge in [0.25, 0.3) is 0 Å². The zero-order chi connectivity index (χ0) is 22.0. The Bertz CT molecular complexity index is 673. The Labute approximate surface area is 150 Å². The van der Waals surface area contributed by atoms with E-state index in [0.29, 0.717) is 0 Å². The van der Waals surface area contributed by atoms with Crippen molar-refractivity contribution in [3.05, 3.63) is 29.8 Å². The second-order valence-electron chi connectivity index (χ2n) is 5.12. The van der Waals surface area contributed by atoms with Gasteiger partial charge in [-0.3, -0.25) is 0 Å². The summed E-state index contributed by atoms with van der Waals surface area (Å²) in [6.07, 6.45) is -20.8. The molecule has 0 saturated heterocycles. The van der Waals surface area contributed by atoms with Crippen LogP contribution in [0.1, 0.15) is 17.3 Å². The van der Waals surface area contributed by atoms with Crippen molar-refractivity contribution >= 4 is 17.7 Å². The van der Waals surface area contributed by atoms with Crippen molar-refractivity contribution in [2.45, 2.75) is 31.0 Å². The molecule has 2 N–H and O–H groups in total. The Morgan fingerprint density at radius 2 is 1.29 bits per heavy atom. The molecule has 0 spiro atoms. The fraction of sp³-hybridized carbons (Fsp3) is 0.429. The molecule has 0 fully saturated rings. The fourth-order valence-corrected chi connectivity index (χ4v) is 1.93. The Morgan fingerprint density at radius 1 is 0.857 bits per heavy atom. The number of anilines is 1. The number of carbonyl (C=O) groups excluding carboxylic acids is 2. The van der Waals surface area contributed by atoms with Crippen molar-refractivity contribution in [2.24, 2.45) is 0 Å². The number of esters is 1. The molecule has 0 saturated carbocycles. The molecule has 1 aromatic carbocycles. The SMILES string of the molecule is CCOC(=O)c1ccc(NC(=O)NC(C(F)(F)F)(C(F)(F)F)C(F)(F)F)cc1. The number of hydrogen-bond donors (Lipinski definition) is 2. The lowest BCUT2D eigenvalue weighted by molar-refractivity contribution is -0.386. The summed E-state index contributed by atoms with van der Waals surface area (Å²) in [5, 5.41) is 1.35. The van der Waals surface area contributed by atoms with Crippen LogP contribution in [-0.2, 0) is 4.74 Å². The van der Waals surface area contributed by atoms with Crippen LogP contribution < -0.4 is 10.6 Å². The van der Waals surface area contributed by atoms with E-state index in [2.05, 4.69) is 4.74 Å². The van der Waals surface area contributed by atoms with Crippen molar-refractivity contribution in [2.75, 3.05) is 11.9 Å². The number of benzene rings is 1. The number of ether oxygens (including phenoxy) is 1. The first-order valence-electron chi connectivity index (χ1n) is 7.13. The van der Waals surface area contributed by atoms with E-state index in [4.69, 9.17) is 0 Å². The third kappa shape index (κ3) is 4.59. The fourth-order valence-electron chi connectivity index (χ4n) is 1.93. The molecule has 14 heteroatoms. The van der Waals surface area contributed by atoms with Crippen LogP contribution in [0.4, 0.5) is 50.0 Å². The van der Waals surface area contributed by atoms with Crippen LogP contribution >= 0.6 is 0 Å². The van der Waals surface area contributed by atoms with Gasteiger partial charge in [-0.1, -0.05) is 0 Å². The minimum absolute atomic E-state index is 0.00957. The predicted molar refractivity (Wildman–Crippen MR) is 75.4 cm³/mol. The summed E-state index contributed by atoms with van der Waals surface area (Å²) < 4.78 is 119. The van der Waals surface area contributed by atoms with E-state index in [9.17, 15) is 49.1 Å². The van der Waals surface area contributed by atoms with Crippen molar-refractivity contribution < 1.29 is 53.8 Å². The van der Waals surface area contributed by atoms with Crippen molar-refractivity contribution in [3.8, 4) is 0 Å². The number of halogens is 9. The molecule has 0 bridgehead atoms. The number of alkyl halides is 9. The van der Waals surface area contributed by atoms with Crippen molar-refractivity contribution in [1.29, 1.82) is 0 Å². The first kappa shape index (κ1) is 23.4. The predicted octanol–water partition coefficient (Wildman–Crippen LogP) is 4.41. The molecule has 0 atom stereocenters. The topological polar surface area (TPSA) is 67.4 Å². The second kappa shape index (κ2) is 7.75. The maximum Gasteiger partial charge on any atom is 0.429 e. The van der Waals surface area contributed by atoms with Crippen LogP contribution in [0.3, 0.4) is 0 Å². The summed E-state index contributed by atoms with van der Waals surface area (Å²) in [6.45, 7) is 1.50. The van der Waals surface area contributed by atoms with Gasteiger partial charge < -0.3 is 15.4 Å². The molecule has 1 aromatic rings. The summed E-state index contributed by atoms with van der Waals surface area (Å²) in [7, 11) is 0. The third-order valence-electron chi connectivity index (χ3n) is 3.23. The van der Waals surface area contributed by atoms with Gasteiger partial charge >= 0.3 is 36.1 Å². The van der Waals surface area contributed by atoms with E-state index in [1.165, 1.54) is 12.2 Å². The molecule has 2 amide bonds. The molecule has 0 radical (unpaired) electrons. The highest BCUT2D eigenvalue weighted by atomic mass is 19.4. The summed E-state index contributed by atoms with van der Waals surface area (Å²) in [5.41, 5.74) is -7.05. The molecule has 5 nitrogen and oxygen atoms in total. The molecule has 0 unspecified atom stereocenters. The summed E-state index contributed by atoms with van der Waals surface area (Å²) in [5.74, 6) is -0.816. The lowest BCUT2D eigenvalue weighted by Gasteiger charge is -2.38. The van der Waals surface area contributed by atoms with Crippen molar-refractivity contribution in [3.63, 3.8) is 0 Å². The van der Waals surface area contributed by atoms with E-state index in [-0.39, 0.29) is 17.5 Å². The van der Waals surface area contributed by atoms with Crippen LogP contribution in [0.25, 0.3) is 0 Å². The van der Waals surface area contributed by atoms with E-state index in [0.717, 1.165) is 24.3 Å². The Balaban J connectivity index is 3.12. The highest BCUT2D eigenvalue weighted by Crippen LogP contribution is 2.52. The van der Waals surface area contributed by atoms with Crippen LogP contribution in [0, 0.1) is 0 Å². The second-order valence-corrected chi connectivity index (χ2v) is 5.12. The monoisotopic (exact) mass is 426 g/mol. The van der Waals surface area contributed by atoms with Gasteiger partial charge in [0.1, 0.15) is 0 Å². The normalized spacial score (nSPS) is 13.1. The van der Waals surface area contributed by atoms with Gasteiger partial charge in [-0.15, -0.1) is 0 Å². The molecule has 28 heavy (non-hydrogen) atoms. The van der Waals surface area contributed by atoms with Gasteiger partial charge in [0.2, 0.25) is 0 Å². The minimum Gasteiger partial charge on any atom is -0.462 e. The molecule has 158 valence electrons. The third-order valence-corrected chi connectivity index (χ3v) is 3.23. The van der Waals surface area contributed by atoms with Crippen LogP contribution in [0.15, 0.2) is 24.3 Å². The highest BCUT2D eigenvalue weighted by molar-refractivity contribution is 5.92. The van der Waals surface area contributed by atoms with Crippen molar-refractivity contribution in [1.82, 2.24) is 5.32 Å². The lowest BCUT2D eigenvalue weighted by atomic mass is 9.97. The van der Waals surface area contributed by atoms with Gasteiger partial charge in [0.15, 0.2) is 0 Å². The standard InChI is InChI=1S/C14H11F9N2O3/c1-2-28-9(26)7-3-5-8(6-4-7)24-10(27)25-11(12(15,16)17,13(18,19)20)14(21,22)23/h3-6H,2H2,1H3,(H2,24,25,27). The van der Waals surface area contributed by atoms with E-state index >= 15 is 0 Å². The minimum atomic E-state index is -6.94. The van der Waals surface area contributed by atoms with Gasteiger partial charge in [0, 0.05) is 5.69 Å². The van der Waals surface area contributed by atoms with Crippen LogP contribution in [-0.4, -0.2) is 42.7 Å². The quantitative estimate of drug-likeness (QED) is 0.554. The average molecular weight is 426 g/mol. The molecule has 0 aromatic heterocycles. The van der Waals surface area contributed by atoms with Crippen LogP contribution in [0.5, 0.6) is 0 Å².